The molecular formula is C24H26N2O6S2. The Morgan fingerprint density at radius 3 is 2.26 bits per heavy atom. The van der Waals surface area contributed by atoms with Crippen molar-refractivity contribution >= 4 is 38.9 Å². The summed E-state index contributed by atoms with van der Waals surface area (Å²) in [5, 5.41) is 1.70. The number of anilines is 1. The summed E-state index contributed by atoms with van der Waals surface area (Å²) in [7, 11) is -2.16. The van der Waals surface area contributed by atoms with E-state index in [0.29, 0.717) is 24.5 Å². The monoisotopic (exact) mass is 502 g/mol. The minimum Gasteiger partial charge on any atom is -0.482 e. The molecule has 0 aliphatic carbocycles. The number of nitrogens with zero attached hydrogens (tertiary/aromatic N) is 2. The SMILES string of the molecule is CCN(Cc1ccccc1)C(=O)COC(=O)COc1ccc(N(C)S(=O)(=O)c2cccs2)cc1. The van der Waals surface area contributed by atoms with Crippen molar-refractivity contribution in [3.8, 4) is 5.75 Å². The Morgan fingerprint density at radius 1 is 0.941 bits per heavy atom. The van der Waals surface area contributed by atoms with E-state index in [-0.39, 0.29) is 23.3 Å². The number of hydrogen-bond donors (Lipinski definition) is 0. The Labute approximate surface area is 203 Å². The van der Waals surface area contributed by atoms with Gasteiger partial charge in [-0.25, -0.2) is 13.2 Å². The second-order valence-corrected chi connectivity index (χ2v) is 10.4. The first kappa shape index (κ1) is 25.3. The first-order chi connectivity index (χ1) is 16.3. The number of likely N-dealkylation sites (N-methyl/N-ethyl adjacent to an activating group) is 1. The van der Waals surface area contributed by atoms with Crippen molar-refractivity contribution in [2.24, 2.45) is 0 Å². The molecule has 0 aliphatic rings. The van der Waals surface area contributed by atoms with Crippen molar-refractivity contribution < 1.29 is 27.5 Å². The van der Waals surface area contributed by atoms with Crippen LogP contribution in [0.2, 0.25) is 0 Å². The van der Waals surface area contributed by atoms with Crippen LogP contribution in [0.5, 0.6) is 5.75 Å². The van der Waals surface area contributed by atoms with Crippen LogP contribution in [-0.4, -0.2) is 52.0 Å². The van der Waals surface area contributed by atoms with Crippen LogP contribution in [0.15, 0.2) is 76.3 Å². The predicted molar refractivity (Wildman–Crippen MR) is 130 cm³/mol. The molecule has 0 N–H and O–H groups in total. The van der Waals surface area contributed by atoms with Gasteiger partial charge in [0, 0.05) is 20.1 Å². The number of rotatable bonds is 11. The minimum absolute atomic E-state index is 0.248. The van der Waals surface area contributed by atoms with Crippen molar-refractivity contribution in [1.29, 1.82) is 0 Å². The van der Waals surface area contributed by atoms with E-state index in [9.17, 15) is 18.0 Å². The second kappa shape index (κ2) is 11.7. The fourth-order valence-electron chi connectivity index (χ4n) is 3.03. The molecule has 0 unspecified atom stereocenters. The van der Waals surface area contributed by atoms with E-state index in [2.05, 4.69) is 0 Å². The molecule has 2 aromatic carbocycles. The summed E-state index contributed by atoms with van der Waals surface area (Å²) in [5.41, 5.74) is 1.44. The molecule has 3 aromatic rings. The normalized spacial score (nSPS) is 11.0. The highest BCUT2D eigenvalue weighted by Crippen LogP contribution is 2.26. The fraction of sp³-hybridized carbons (Fsp3) is 0.250. The lowest BCUT2D eigenvalue weighted by atomic mass is 10.2. The maximum absolute atomic E-state index is 12.6. The summed E-state index contributed by atoms with van der Waals surface area (Å²) in [4.78, 5) is 26.0. The number of amides is 1. The molecule has 34 heavy (non-hydrogen) atoms. The maximum atomic E-state index is 12.6. The molecule has 0 radical (unpaired) electrons. The zero-order chi connectivity index (χ0) is 24.6. The number of hydrogen-bond acceptors (Lipinski definition) is 7. The van der Waals surface area contributed by atoms with Crippen LogP contribution in [0.4, 0.5) is 5.69 Å². The molecule has 10 heteroatoms. The van der Waals surface area contributed by atoms with Crippen molar-refractivity contribution in [3.63, 3.8) is 0 Å². The quantitative estimate of drug-likeness (QED) is 0.373. The molecule has 0 spiro atoms. The summed E-state index contributed by atoms with van der Waals surface area (Å²) in [6, 6.07) is 19.1. The van der Waals surface area contributed by atoms with E-state index in [0.717, 1.165) is 16.9 Å². The Morgan fingerprint density at radius 2 is 1.65 bits per heavy atom. The molecule has 0 fully saturated rings. The first-order valence-electron chi connectivity index (χ1n) is 10.5. The molecule has 1 amide bonds. The van der Waals surface area contributed by atoms with Crippen LogP contribution in [0, 0.1) is 0 Å². The lowest BCUT2D eigenvalue weighted by Crippen LogP contribution is -2.34. The molecule has 0 atom stereocenters. The molecule has 0 bridgehead atoms. The van der Waals surface area contributed by atoms with Crippen LogP contribution in [0.25, 0.3) is 0 Å². The van der Waals surface area contributed by atoms with Gasteiger partial charge in [-0.2, -0.15) is 0 Å². The zero-order valence-electron chi connectivity index (χ0n) is 18.9. The molecule has 8 nitrogen and oxygen atoms in total. The van der Waals surface area contributed by atoms with E-state index >= 15 is 0 Å². The average Bonchev–Trinajstić information content (AvgIpc) is 3.41. The topological polar surface area (TPSA) is 93.2 Å². The number of sulfonamides is 1. The lowest BCUT2D eigenvalue weighted by molar-refractivity contribution is -0.153. The van der Waals surface area contributed by atoms with Gasteiger partial charge in [-0.15, -0.1) is 11.3 Å². The highest BCUT2D eigenvalue weighted by atomic mass is 32.2. The maximum Gasteiger partial charge on any atom is 0.344 e. The van der Waals surface area contributed by atoms with Crippen LogP contribution < -0.4 is 9.04 Å². The smallest absolute Gasteiger partial charge is 0.344 e. The summed E-state index contributed by atoms with van der Waals surface area (Å²) in [6.07, 6.45) is 0. The highest BCUT2D eigenvalue weighted by molar-refractivity contribution is 7.94. The minimum atomic E-state index is -3.63. The van der Waals surface area contributed by atoms with Gasteiger partial charge in [0.25, 0.3) is 15.9 Å². The number of ether oxygens (including phenoxy) is 2. The first-order valence-corrected chi connectivity index (χ1v) is 12.9. The summed E-state index contributed by atoms with van der Waals surface area (Å²) < 4.78 is 37.1. The predicted octanol–water partition coefficient (Wildman–Crippen LogP) is 3.54. The van der Waals surface area contributed by atoms with E-state index < -0.39 is 16.0 Å². The van der Waals surface area contributed by atoms with Crippen molar-refractivity contribution in [3.05, 3.63) is 77.7 Å². The van der Waals surface area contributed by atoms with Gasteiger partial charge in [0.15, 0.2) is 13.2 Å². The van der Waals surface area contributed by atoms with Crippen molar-refractivity contribution in [1.82, 2.24) is 4.90 Å². The Bertz CT molecular complexity index is 1180. The van der Waals surface area contributed by atoms with Gasteiger partial charge in [-0.3, -0.25) is 9.10 Å². The summed E-state index contributed by atoms with van der Waals surface area (Å²) >= 11 is 1.14. The van der Waals surface area contributed by atoms with Crippen LogP contribution in [0.1, 0.15) is 12.5 Å². The molecule has 0 saturated carbocycles. The van der Waals surface area contributed by atoms with Gasteiger partial charge in [-0.05, 0) is 48.2 Å². The third kappa shape index (κ3) is 6.58. The molecule has 1 aromatic heterocycles. The van der Waals surface area contributed by atoms with Gasteiger partial charge < -0.3 is 14.4 Å². The highest BCUT2D eigenvalue weighted by Gasteiger charge is 2.22. The average molecular weight is 503 g/mol. The Kier molecular flexibility index (Phi) is 8.67. The fourth-order valence-corrected chi connectivity index (χ4v) is 5.39. The van der Waals surface area contributed by atoms with Crippen molar-refractivity contribution in [2.45, 2.75) is 17.7 Å². The number of carbonyl (C=O) groups excluding carboxylic acids is 2. The van der Waals surface area contributed by atoms with Crippen LogP contribution in [0.3, 0.4) is 0 Å². The van der Waals surface area contributed by atoms with E-state index in [1.54, 1.807) is 46.7 Å². The molecular weight excluding hydrogens is 476 g/mol. The second-order valence-electron chi connectivity index (χ2n) is 7.24. The molecule has 0 saturated heterocycles. The van der Waals surface area contributed by atoms with E-state index in [4.69, 9.17) is 9.47 Å². The summed E-state index contributed by atoms with van der Waals surface area (Å²) in [6.45, 7) is 2.05. The van der Waals surface area contributed by atoms with Crippen LogP contribution >= 0.6 is 11.3 Å². The van der Waals surface area contributed by atoms with Crippen molar-refractivity contribution in [2.75, 3.05) is 31.1 Å². The molecule has 3 rings (SSSR count). The Hall–Kier alpha value is -3.37. The molecule has 180 valence electrons. The summed E-state index contributed by atoms with van der Waals surface area (Å²) in [5.74, 6) is -0.599. The largest absolute Gasteiger partial charge is 0.482 e. The number of thiophene rings is 1. The van der Waals surface area contributed by atoms with E-state index in [1.165, 1.54) is 11.4 Å². The molecule has 0 aliphatic heterocycles. The zero-order valence-corrected chi connectivity index (χ0v) is 20.6. The van der Waals surface area contributed by atoms with Crippen LogP contribution in [-0.2, 0) is 30.9 Å². The third-order valence-corrected chi connectivity index (χ3v) is 8.13. The third-order valence-electron chi connectivity index (χ3n) is 4.97. The molecule has 1 heterocycles. The Balaban J connectivity index is 1.47. The lowest BCUT2D eigenvalue weighted by Gasteiger charge is -2.21. The van der Waals surface area contributed by atoms with E-state index in [1.807, 2.05) is 37.3 Å². The van der Waals surface area contributed by atoms with Gasteiger partial charge >= 0.3 is 5.97 Å². The number of esters is 1. The van der Waals surface area contributed by atoms with Gasteiger partial charge in [0.2, 0.25) is 0 Å². The standard InChI is InChI=1S/C24H26N2O6S2/c1-3-26(16-19-8-5-4-6-9-19)22(27)17-32-23(28)18-31-21-13-11-20(12-14-21)25(2)34(29,30)24-10-7-15-33-24/h4-15H,3,16-18H2,1-2H3. The van der Waals surface area contributed by atoms with Gasteiger partial charge in [0.1, 0.15) is 9.96 Å². The number of benzene rings is 2. The van der Waals surface area contributed by atoms with Gasteiger partial charge in [-0.1, -0.05) is 36.4 Å². The number of carbonyl (C=O) groups is 2. The van der Waals surface area contributed by atoms with Gasteiger partial charge in [0.05, 0.1) is 5.69 Å².